The maximum Gasteiger partial charge on any atom is 0.284 e. The zero-order chi connectivity index (χ0) is 18.0. The van der Waals surface area contributed by atoms with Crippen LogP contribution in [0.1, 0.15) is 23.2 Å². The van der Waals surface area contributed by atoms with Gasteiger partial charge in [-0.15, -0.1) is 0 Å². The largest absolute Gasteiger partial charge is 0.399 e. The summed E-state index contributed by atoms with van der Waals surface area (Å²) in [4.78, 5) is 30.0. The van der Waals surface area contributed by atoms with E-state index < -0.39 is 4.92 Å². The van der Waals surface area contributed by atoms with Crippen molar-refractivity contribution in [3.05, 3.63) is 33.9 Å². The lowest BCUT2D eigenvalue weighted by Crippen LogP contribution is -2.53. The minimum absolute atomic E-state index is 0.122. The van der Waals surface area contributed by atoms with Crippen molar-refractivity contribution in [2.24, 2.45) is 0 Å². The van der Waals surface area contributed by atoms with Gasteiger partial charge in [0.1, 0.15) is 5.56 Å². The first-order valence-electron chi connectivity index (χ1n) is 8.71. The second kappa shape index (κ2) is 7.37. The summed E-state index contributed by atoms with van der Waals surface area (Å²) in [6, 6.07) is 4.75. The van der Waals surface area contributed by atoms with Crippen LogP contribution in [-0.4, -0.2) is 77.9 Å². The average Bonchev–Trinajstić information content (AvgIpc) is 2.62. The predicted molar refractivity (Wildman–Crippen MR) is 95.5 cm³/mol. The van der Waals surface area contributed by atoms with E-state index in [1.807, 2.05) is 0 Å². The quantitative estimate of drug-likeness (QED) is 0.498. The van der Waals surface area contributed by atoms with Crippen LogP contribution in [0.4, 0.5) is 11.4 Å². The summed E-state index contributed by atoms with van der Waals surface area (Å²) in [6.45, 7) is 5.57. The number of hydrogen-bond acceptors (Lipinski definition) is 6. The Morgan fingerprint density at radius 2 is 1.80 bits per heavy atom. The minimum Gasteiger partial charge on any atom is -0.399 e. The van der Waals surface area contributed by atoms with E-state index in [1.165, 1.54) is 18.2 Å². The minimum atomic E-state index is -0.541. The lowest BCUT2D eigenvalue weighted by Gasteiger charge is -2.42. The Morgan fingerprint density at radius 1 is 1.16 bits per heavy atom. The van der Waals surface area contributed by atoms with Gasteiger partial charge in [-0.05, 0) is 32.0 Å². The number of hydrogen-bond donors (Lipinski definition) is 1. The molecule has 2 heterocycles. The molecule has 2 fully saturated rings. The molecule has 1 amide bonds. The Morgan fingerprint density at radius 3 is 2.40 bits per heavy atom. The van der Waals surface area contributed by atoms with Crippen LogP contribution < -0.4 is 5.73 Å². The van der Waals surface area contributed by atoms with Crippen LogP contribution in [0.5, 0.6) is 0 Å². The Hall–Kier alpha value is -2.19. The highest BCUT2D eigenvalue weighted by molar-refractivity contribution is 5.98. The Labute approximate surface area is 147 Å². The van der Waals surface area contributed by atoms with E-state index in [4.69, 9.17) is 5.73 Å². The fourth-order valence-electron chi connectivity index (χ4n) is 3.67. The lowest BCUT2D eigenvalue weighted by atomic mass is 10.0. The number of nitrogen functional groups attached to an aromatic ring is 1. The maximum atomic E-state index is 12.7. The number of rotatable bonds is 3. The molecule has 2 saturated heterocycles. The number of benzene rings is 1. The number of amides is 1. The first-order chi connectivity index (χ1) is 12.0. The molecule has 0 saturated carbocycles. The number of piperidine rings is 1. The Balaban J connectivity index is 1.63. The van der Waals surface area contributed by atoms with Crippen molar-refractivity contribution in [3.8, 4) is 0 Å². The van der Waals surface area contributed by atoms with Crippen molar-refractivity contribution >= 4 is 17.3 Å². The van der Waals surface area contributed by atoms with Crippen LogP contribution in [0.25, 0.3) is 0 Å². The van der Waals surface area contributed by atoms with Gasteiger partial charge in [-0.2, -0.15) is 0 Å². The van der Waals surface area contributed by atoms with Crippen molar-refractivity contribution in [2.45, 2.75) is 18.9 Å². The molecule has 2 N–H and O–H groups in total. The van der Waals surface area contributed by atoms with Gasteiger partial charge in [0.25, 0.3) is 11.6 Å². The van der Waals surface area contributed by atoms with Crippen molar-refractivity contribution in [3.63, 3.8) is 0 Å². The smallest absolute Gasteiger partial charge is 0.284 e. The molecule has 0 atom stereocenters. The number of nitrogens with zero attached hydrogens (tertiary/aromatic N) is 4. The summed E-state index contributed by atoms with van der Waals surface area (Å²) in [5.74, 6) is -0.275. The van der Waals surface area contributed by atoms with Gasteiger partial charge in [0.15, 0.2) is 0 Å². The fourth-order valence-corrected chi connectivity index (χ4v) is 3.67. The first kappa shape index (κ1) is 17.6. The molecule has 3 rings (SSSR count). The molecule has 8 heteroatoms. The van der Waals surface area contributed by atoms with Crippen LogP contribution in [-0.2, 0) is 0 Å². The third-order valence-corrected chi connectivity index (χ3v) is 5.25. The van der Waals surface area contributed by atoms with E-state index in [0.717, 1.165) is 39.0 Å². The van der Waals surface area contributed by atoms with Crippen LogP contribution >= 0.6 is 0 Å². The van der Waals surface area contributed by atoms with Crippen molar-refractivity contribution in [1.82, 2.24) is 14.7 Å². The number of piperazine rings is 1. The molecule has 0 bridgehead atoms. The molecule has 0 unspecified atom stereocenters. The highest BCUT2D eigenvalue weighted by Gasteiger charge is 2.31. The van der Waals surface area contributed by atoms with Crippen LogP contribution in [0.2, 0.25) is 0 Å². The zero-order valence-corrected chi connectivity index (χ0v) is 14.6. The van der Waals surface area contributed by atoms with E-state index >= 15 is 0 Å². The average molecular weight is 347 g/mol. The second-order valence-corrected chi connectivity index (χ2v) is 6.90. The molecule has 0 aromatic heterocycles. The molecule has 2 aliphatic rings. The number of carbonyl (C=O) groups is 1. The van der Waals surface area contributed by atoms with Gasteiger partial charge in [0, 0.05) is 57.1 Å². The fraction of sp³-hybridized carbons (Fsp3) is 0.588. The highest BCUT2D eigenvalue weighted by Crippen LogP contribution is 2.25. The molecule has 0 spiro atoms. The van der Waals surface area contributed by atoms with E-state index in [2.05, 4.69) is 16.8 Å². The lowest BCUT2D eigenvalue weighted by molar-refractivity contribution is -0.385. The van der Waals surface area contributed by atoms with E-state index in [0.29, 0.717) is 19.1 Å². The first-order valence-corrected chi connectivity index (χ1v) is 8.71. The summed E-state index contributed by atoms with van der Waals surface area (Å²) >= 11 is 0. The van der Waals surface area contributed by atoms with Crippen molar-refractivity contribution in [2.75, 3.05) is 52.0 Å². The summed E-state index contributed by atoms with van der Waals surface area (Å²) in [5.41, 5.74) is 5.81. The van der Waals surface area contributed by atoms with Gasteiger partial charge in [-0.1, -0.05) is 0 Å². The third kappa shape index (κ3) is 3.91. The number of anilines is 1. The molecule has 1 aromatic carbocycles. The third-order valence-electron chi connectivity index (χ3n) is 5.25. The number of likely N-dealkylation sites (N-methyl/N-ethyl adjacent to an activating group) is 1. The Bertz CT molecular complexity index is 650. The molecular weight excluding hydrogens is 322 g/mol. The van der Waals surface area contributed by atoms with Crippen molar-refractivity contribution in [1.29, 1.82) is 0 Å². The summed E-state index contributed by atoms with van der Waals surface area (Å²) in [5, 5.41) is 11.2. The van der Waals surface area contributed by atoms with E-state index in [1.54, 1.807) is 4.90 Å². The topological polar surface area (TPSA) is 96.0 Å². The molecule has 1 aromatic rings. The predicted octanol–water partition coefficient (Wildman–Crippen LogP) is 1.03. The molecule has 8 nitrogen and oxygen atoms in total. The Kier molecular flexibility index (Phi) is 5.19. The second-order valence-electron chi connectivity index (χ2n) is 6.90. The van der Waals surface area contributed by atoms with Gasteiger partial charge in [-0.25, -0.2) is 0 Å². The normalized spacial score (nSPS) is 20.6. The maximum absolute atomic E-state index is 12.7. The summed E-state index contributed by atoms with van der Waals surface area (Å²) in [6.07, 6.45) is 1.83. The van der Waals surface area contributed by atoms with Crippen LogP contribution in [0, 0.1) is 10.1 Å². The summed E-state index contributed by atoms with van der Waals surface area (Å²) < 4.78 is 0. The van der Waals surface area contributed by atoms with E-state index in [9.17, 15) is 14.9 Å². The molecular formula is C17H25N5O3. The molecule has 0 radical (unpaired) electrons. The standard InChI is InChI=1S/C17H25N5O3/c1-19-8-10-20(11-9-19)14-4-6-21(7-5-14)17(23)15-3-2-13(18)12-16(15)22(24)25/h2-3,12,14H,4-11,18H2,1H3. The molecule has 2 aliphatic heterocycles. The van der Waals surface area contributed by atoms with Gasteiger partial charge in [0.2, 0.25) is 0 Å². The number of likely N-dealkylation sites (tertiary alicyclic amines) is 1. The molecule has 0 aliphatic carbocycles. The zero-order valence-electron chi connectivity index (χ0n) is 14.6. The van der Waals surface area contributed by atoms with Crippen LogP contribution in [0.3, 0.4) is 0 Å². The number of carbonyl (C=O) groups excluding carboxylic acids is 1. The number of nitrogens with two attached hydrogens (primary N) is 1. The number of nitro benzene ring substituents is 1. The van der Waals surface area contributed by atoms with Gasteiger partial charge < -0.3 is 15.5 Å². The summed E-state index contributed by atoms with van der Waals surface area (Å²) in [7, 11) is 2.14. The molecule has 25 heavy (non-hydrogen) atoms. The number of nitro groups is 1. The van der Waals surface area contributed by atoms with Crippen LogP contribution in [0.15, 0.2) is 18.2 Å². The highest BCUT2D eigenvalue weighted by atomic mass is 16.6. The molecule has 136 valence electrons. The van der Waals surface area contributed by atoms with Crippen molar-refractivity contribution < 1.29 is 9.72 Å². The SMILES string of the molecule is CN1CCN(C2CCN(C(=O)c3ccc(N)cc3[N+](=O)[O-])CC2)CC1. The van der Waals surface area contributed by atoms with E-state index in [-0.39, 0.29) is 22.8 Å². The van der Waals surface area contributed by atoms with Gasteiger partial charge in [0.05, 0.1) is 4.92 Å². The monoisotopic (exact) mass is 347 g/mol. The van der Waals surface area contributed by atoms with Gasteiger partial charge in [-0.3, -0.25) is 19.8 Å². The van der Waals surface area contributed by atoms with Gasteiger partial charge >= 0.3 is 0 Å².